The second-order valence-electron chi connectivity index (χ2n) is 8.34. The van der Waals surface area contributed by atoms with Gasteiger partial charge >= 0.3 is 0 Å². The Labute approximate surface area is 193 Å². The van der Waals surface area contributed by atoms with Gasteiger partial charge in [0.1, 0.15) is 5.82 Å². The second-order valence-corrected chi connectivity index (χ2v) is 9.28. The first kappa shape index (κ1) is 21.1. The van der Waals surface area contributed by atoms with E-state index >= 15 is 0 Å². The zero-order chi connectivity index (χ0) is 21.8. The number of benzene rings is 2. The highest BCUT2D eigenvalue weighted by molar-refractivity contribution is 7.98. The highest BCUT2D eigenvalue weighted by Crippen LogP contribution is 2.25. The van der Waals surface area contributed by atoms with Crippen LogP contribution in [0.15, 0.2) is 59.8 Å². The normalized spacial score (nSPS) is 14.8. The number of thioether (sulfide) groups is 1. The fourth-order valence-electron chi connectivity index (χ4n) is 4.18. The van der Waals surface area contributed by atoms with E-state index in [0.29, 0.717) is 0 Å². The molecular weight excluding hydrogens is 416 g/mol. The van der Waals surface area contributed by atoms with Crippen molar-refractivity contribution in [2.45, 2.75) is 50.2 Å². The molecule has 2 aromatic carbocycles. The smallest absolute Gasteiger partial charge is 0.191 e. The highest BCUT2D eigenvalue weighted by atomic mass is 32.2. The maximum absolute atomic E-state index is 4.85. The third-order valence-corrected chi connectivity index (χ3v) is 6.95. The van der Waals surface area contributed by atoms with E-state index in [1.807, 2.05) is 31.2 Å². The molecule has 0 N–H and O–H groups in total. The summed E-state index contributed by atoms with van der Waals surface area (Å²) in [6, 6.07) is 18.6. The molecule has 0 radical (unpaired) electrons. The molecule has 4 aromatic rings. The van der Waals surface area contributed by atoms with Gasteiger partial charge in [0.2, 0.25) is 0 Å². The van der Waals surface area contributed by atoms with E-state index in [0.717, 1.165) is 65.3 Å². The summed E-state index contributed by atoms with van der Waals surface area (Å²) >= 11 is 1.69. The van der Waals surface area contributed by atoms with Gasteiger partial charge < -0.3 is 4.57 Å². The van der Waals surface area contributed by atoms with Crippen LogP contribution in [0.1, 0.15) is 42.0 Å². The fourth-order valence-corrected chi connectivity index (χ4v) is 5.14. The number of nitrogens with zero attached hydrogens (tertiary/aromatic N) is 6. The quantitative estimate of drug-likeness (QED) is 0.380. The molecule has 5 rings (SSSR count). The van der Waals surface area contributed by atoms with Gasteiger partial charge in [0.05, 0.1) is 35.5 Å². The van der Waals surface area contributed by atoms with E-state index < -0.39 is 0 Å². The molecule has 7 heteroatoms. The van der Waals surface area contributed by atoms with Crippen molar-refractivity contribution in [3.8, 4) is 0 Å². The van der Waals surface area contributed by atoms with Crippen molar-refractivity contribution in [1.82, 2.24) is 29.6 Å². The molecule has 164 valence electrons. The number of likely N-dealkylation sites (tertiary alicyclic amines) is 1. The summed E-state index contributed by atoms with van der Waals surface area (Å²) in [6.45, 7) is 5.96. The van der Waals surface area contributed by atoms with Crippen LogP contribution >= 0.6 is 11.8 Å². The lowest BCUT2D eigenvalue weighted by Gasteiger charge is -2.26. The summed E-state index contributed by atoms with van der Waals surface area (Å²) in [5, 5.41) is 10.1. The number of piperidine rings is 1. The maximum Gasteiger partial charge on any atom is 0.191 e. The summed E-state index contributed by atoms with van der Waals surface area (Å²) in [5.74, 6) is 1.76. The van der Waals surface area contributed by atoms with Crippen molar-refractivity contribution in [3.63, 3.8) is 0 Å². The highest BCUT2D eigenvalue weighted by Gasteiger charge is 2.18. The lowest BCUT2D eigenvalue weighted by Crippen LogP contribution is -2.30. The van der Waals surface area contributed by atoms with Crippen LogP contribution in [-0.4, -0.2) is 42.7 Å². The van der Waals surface area contributed by atoms with Crippen molar-refractivity contribution in [1.29, 1.82) is 0 Å². The molecule has 6 nitrogen and oxygen atoms in total. The number of para-hydroxylation sites is 2. The van der Waals surface area contributed by atoms with Crippen LogP contribution in [0.5, 0.6) is 0 Å². The van der Waals surface area contributed by atoms with Crippen molar-refractivity contribution in [2.75, 3.05) is 13.1 Å². The van der Waals surface area contributed by atoms with Crippen LogP contribution in [0.25, 0.3) is 11.0 Å². The summed E-state index contributed by atoms with van der Waals surface area (Å²) < 4.78 is 2.28. The standard InChI is InChI=1S/C25H28N6S/c1-19-23(27-22-13-7-6-12-21(22)26-19)18-32-25-29-28-24(17-30-14-8-3-9-15-30)31(25)16-20-10-4-2-5-11-20/h2,4-7,10-13H,3,8-9,14-18H2,1H3. The molecule has 0 bridgehead atoms. The second kappa shape index (κ2) is 9.79. The number of hydrogen-bond donors (Lipinski definition) is 0. The molecule has 32 heavy (non-hydrogen) atoms. The number of fused-ring (bicyclic) bond motifs is 1. The topological polar surface area (TPSA) is 59.7 Å². The number of aromatic nitrogens is 5. The first-order valence-electron chi connectivity index (χ1n) is 11.3. The summed E-state index contributed by atoms with van der Waals surface area (Å²) in [5.41, 5.74) is 5.11. The van der Waals surface area contributed by atoms with Gasteiger partial charge in [-0.15, -0.1) is 10.2 Å². The zero-order valence-electron chi connectivity index (χ0n) is 18.4. The zero-order valence-corrected chi connectivity index (χ0v) is 19.3. The monoisotopic (exact) mass is 444 g/mol. The van der Waals surface area contributed by atoms with E-state index in [-0.39, 0.29) is 0 Å². The van der Waals surface area contributed by atoms with Crippen LogP contribution in [-0.2, 0) is 18.8 Å². The Bertz CT molecular complexity index is 1180. The van der Waals surface area contributed by atoms with E-state index in [9.17, 15) is 0 Å². The molecule has 0 unspecified atom stereocenters. The van der Waals surface area contributed by atoms with Gasteiger partial charge in [0.25, 0.3) is 0 Å². The van der Waals surface area contributed by atoms with Gasteiger partial charge in [-0.1, -0.05) is 60.6 Å². The Morgan fingerprint density at radius 1 is 0.812 bits per heavy atom. The van der Waals surface area contributed by atoms with Crippen LogP contribution in [0.2, 0.25) is 0 Å². The average Bonchev–Trinajstić information content (AvgIpc) is 3.20. The SMILES string of the molecule is Cc1nc2ccccc2nc1CSc1nnc(CN2CCCCC2)n1Cc1ccccc1. The summed E-state index contributed by atoms with van der Waals surface area (Å²) in [7, 11) is 0. The Balaban J connectivity index is 1.39. The minimum atomic E-state index is 0.723. The van der Waals surface area contributed by atoms with E-state index in [1.54, 1.807) is 11.8 Å². The first-order valence-corrected chi connectivity index (χ1v) is 12.3. The van der Waals surface area contributed by atoms with Crippen LogP contribution < -0.4 is 0 Å². The van der Waals surface area contributed by atoms with E-state index in [1.165, 1.54) is 24.8 Å². The van der Waals surface area contributed by atoms with E-state index in [4.69, 9.17) is 9.97 Å². The van der Waals surface area contributed by atoms with Crippen molar-refractivity contribution < 1.29 is 0 Å². The largest absolute Gasteiger partial charge is 0.300 e. The molecule has 1 saturated heterocycles. The number of rotatable bonds is 7. The molecule has 1 aliphatic rings. The molecule has 1 fully saturated rings. The van der Waals surface area contributed by atoms with Crippen LogP contribution in [0.4, 0.5) is 0 Å². The molecule has 0 saturated carbocycles. The molecule has 0 spiro atoms. The van der Waals surface area contributed by atoms with Gasteiger partial charge in [0.15, 0.2) is 5.16 Å². The van der Waals surface area contributed by atoms with Gasteiger partial charge in [-0.2, -0.15) is 0 Å². The van der Waals surface area contributed by atoms with Crippen molar-refractivity contribution >= 4 is 22.8 Å². The molecule has 3 heterocycles. The minimum absolute atomic E-state index is 0.723. The van der Waals surface area contributed by atoms with Crippen LogP contribution in [0, 0.1) is 6.92 Å². The Morgan fingerprint density at radius 3 is 2.31 bits per heavy atom. The summed E-state index contributed by atoms with van der Waals surface area (Å²) in [4.78, 5) is 12.1. The van der Waals surface area contributed by atoms with Gasteiger partial charge in [-0.3, -0.25) is 4.90 Å². The molecule has 0 aliphatic carbocycles. The lowest BCUT2D eigenvalue weighted by molar-refractivity contribution is 0.213. The molecule has 2 aromatic heterocycles. The molecular formula is C25H28N6S. The van der Waals surface area contributed by atoms with Crippen molar-refractivity contribution in [2.24, 2.45) is 0 Å². The Morgan fingerprint density at radius 2 is 1.53 bits per heavy atom. The molecule has 1 aliphatic heterocycles. The van der Waals surface area contributed by atoms with E-state index in [2.05, 4.69) is 50.0 Å². The summed E-state index contributed by atoms with van der Waals surface area (Å²) in [6.07, 6.45) is 3.88. The lowest BCUT2D eigenvalue weighted by atomic mass is 10.1. The predicted molar refractivity (Wildman–Crippen MR) is 129 cm³/mol. The fraction of sp³-hybridized carbons (Fsp3) is 0.360. The first-order chi connectivity index (χ1) is 15.8. The maximum atomic E-state index is 4.85. The van der Waals surface area contributed by atoms with Gasteiger partial charge in [-0.05, 0) is 50.6 Å². The van der Waals surface area contributed by atoms with Crippen molar-refractivity contribution in [3.05, 3.63) is 77.4 Å². The molecule has 0 atom stereocenters. The minimum Gasteiger partial charge on any atom is -0.300 e. The Kier molecular flexibility index (Phi) is 6.46. The number of hydrogen-bond acceptors (Lipinski definition) is 6. The Hall–Kier alpha value is -2.77. The third-order valence-electron chi connectivity index (χ3n) is 5.97. The van der Waals surface area contributed by atoms with Gasteiger partial charge in [-0.25, -0.2) is 9.97 Å². The van der Waals surface area contributed by atoms with Gasteiger partial charge in [0, 0.05) is 5.75 Å². The number of aryl methyl sites for hydroxylation is 1. The molecule has 0 amide bonds. The average molecular weight is 445 g/mol. The van der Waals surface area contributed by atoms with Crippen LogP contribution in [0.3, 0.4) is 0 Å². The predicted octanol–water partition coefficient (Wildman–Crippen LogP) is 4.86. The third kappa shape index (κ3) is 4.84.